The van der Waals surface area contributed by atoms with Gasteiger partial charge in [-0.3, -0.25) is 4.79 Å². The highest BCUT2D eigenvalue weighted by atomic mass is 35.5. The van der Waals surface area contributed by atoms with E-state index in [0.29, 0.717) is 10.0 Å². The molecule has 0 aliphatic heterocycles. The maximum atomic E-state index is 11.4. The number of hydrogen-bond acceptors (Lipinski definition) is 3. The van der Waals surface area contributed by atoms with Crippen molar-refractivity contribution < 1.29 is 0 Å². The van der Waals surface area contributed by atoms with Gasteiger partial charge in [0, 0.05) is 12.5 Å². The molecule has 2 heterocycles. The van der Waals surface area contributed by atoms with Crippen LogP contribution < -0.4 is 5.56 Å². The quantitative estimate of drug-likeness (QED) is 0.915. The van der Waals surface area contributed by atoms with E-state index in [1.165, 1.54) is 17.4 Å². The third-order valence-electron chi connectivity index (χ3n) is 2.10. The first kappa shape index (κ1) is 11.4. The number of hydrogen-bond donors (Lipinski definition) is 1. The van der Waals surface area contributed by atoms with Gasteiger partial charge in [0.15, 0.2) is 0 Å². The average molecular weight is 255 g/mol. The highest BCUT2D eigenvalue weighted by molar-refractivity contribution is 7.19. The predicted octanol–water partition coefficient (Wildman–Crippen LogP) is 3.10. The summed E-state index contributed by atoms with van der Waals surface area (Å²) in [5.74, 6) is 0.731. The second-order valence-electron chi connectivity index (χ2n) is 3.43. The number of nitrogens with one attached hydrogen (secondary N) is 1. The van der Waals surface area contributed by atoms with E-state index in [1.807, 2.05) is 12.1 Å². The van der Waals surface area contributed by atoms with E-state index in [4.69, 9.17) is 11.6 Å². The van der Waals surface area contributed by atoms with E-state index in [-0.39, 0.29) is 5.56 Å². The predicted molar refractivity (Wildman–Crippen MR) is 67.2 cm³/mol. The third kappa shape index (κ3) is 2.51. The maximum absolute atomic E-state index is 11.4. The summed E-state index contributed by atoms with van der Waals surface area (Å²) in [6.45, 7) is 2.05. The molecule has 5 heteroatoms. The van der Waals surface area contributed by atoms with Gasteiger partial charge in [0.1, 0.15) is 5.82 Å². The van der Waals surface area contributed by atoms with Gasteiger partial charge >= 0.3 is 0 Å². The van der Waals surface area contributed by atoms with Crippen molar-refractivity contribution >= 4 is 22.9 Å². The number of aryl methyl sites for hydroxylation is 1. The summed E-state index contributed by atoms with van der Waals surface area (Å²) in [5.41, 5.74) is 0.585. The fourth-order valence-electron chi connectivity index (χ4n) is 1.44. The van der Waals surface area contributed by atoms with Crippen molar-refractivity contribution in [1.82, 2.24) is 9.97 Å². The van der Waals surface area contributed by atoms with Crippen LogP contribution in [-0.4, -0.2) is 9.97 Å². The molecule has 2 rings (SSSR count). The Morgan fingerprint density at radius 2 is 2.31 bits per heavy atom. The number of halogens is 1. The van der Waals surface area contributed by atoms with Crippen LogP contribution in [0.25, 0.3) is 10.6 Å². The summed E-state index contributed by atoms with van der Waals surface area (Å²) in [5, 5.41) is 0. The van der Waals surface area contributed by atoms with Gasteiger partial charge in [0.25, 0.3) is 5.56 Å². The van der Waals surface area contributed by atoms with Gasteiger partial charge in [-0.05, 0) is 18.6 Å². The van der Waals surface area contributed by atoms with Gasteiger partial charge in [0.05, 0.1) is 14.9 Å². The molecule has 3 nitrogen and oxygen atoms in total. The molecule has 16 heavy (non-hydrogen) atoms. The van der Waals surface area contributed by atoms with Gasteiger partial charge < -0.3 is 4.98 Å². The number of H-pyrrole nitrogens is 1. The fraction of sp³-hybridized carbons (Fsp3) is 0.273. The van der Waals surface area contributed by atoms with Crippen LogP contribution >= 0.6 is 22.9 Å². The van der Waals surface area contributed by atoms with Crippen LogP contribution in [0.2, 0.25) is 4.34 Å². The number of thiophene rings is 1. The average Bonchev–Trinajstić information content (AvgIpc) is 2.64. The Bertz CT molecular complexity index is 547. The molecule has 0 saturated heterocycles. The second-order valence-corrected chi connectivity index (χ2v) is 5.15. The Kier molecular flexibility index (Phi) is 3.41. The van der Waals surface area contributed by atoms with E-state index in [0.717, 1.165) is 23.5 Å². The number of rotatable bonds is 3. The van der Waals surface area contributed by atoms with Crippen molar-refractivity contribution in [3.8, 4) is 10.6 Å². The van der Waals surface area contributed by atoms with Crippen molar-refractivity contribution in [2.45, 2.75) is 19.8 Å². The van der Waals surface area contributed by atoms with Crippen molar-refractivity contribution in [1.29, 1.82) is 0 Å². The molecule has 0 amide bonds. The largest absolute Gasteiger partial charge is 0.311 e. The minimum atomic E-state index is -0.113. The lowest BCUT2D eigenvalue weighted by Gasteiger charge is -2.00. The minimum Gasteiger partial charge on any atom is -0.311 e. The highest BCUT2D eigenvalue weighted by Crippen LogP contribution is 2.28. The zero-order valence-corrected chi connectivity index (χ0v) is 10.4. The van der Waals surface area contributed by atoms with Crippen LogP contribution in [0.1, 0.15) is 19.2 Å². The Hall–Kier alpha value is -1.13. The molecule has 0 aliphatic rings. The molecule has 0 atom stereocenters. The SMILES string of the molecule is CCCc1nc(-c2ccc(Cl)s2)cc(=O)[nH]1. The smallest absolute Gasteiger partial charge is 0.251 e. The molecule has 0 fully saturated rings. The highest BCUT2D eigenvalue weighted by Gasteiger charge is 2.06. The summed E-state index contributed by atoms with van der Waals surface area (Å²) >= 11 is 7.28. The van der Waals surface area contributed by atoms with Gasteiger partial charge in [-0.1, -0.05) is 18.5 Å². The van der Waals surface area contributed by atoms with Crippen LogP contribution in [0.5, 0.6) is 0 Å². The van der Waals surface area contributed by atoms with Crippen LogP contribution in [-0.2, 0) is 6.42 Å². The lowest BCUT2D eigenvalue weighted by atomic mass is 10.3. The molecule has 0 radical (unpaired) electrons. The molecule has 84 valence electrons. The van der Waals surface area contributed by atoms with E-state index in [9.17, 15) is 4.79 Å². The first-order valence-electron chi connectivity index (χ1n) is 5.05. The molecular formula is C11H11ClN2OS. The van der Waals surface area contributed by atoms with Crippen LogP contribution in [0, 0.1) is 0 Å². The minimum absolute atomic E-state index is 0.113. The molecule has 0 spiro atoms. The van der Waals surface area contributed by atoms with Crippen molar-refractivity contribution in [3.05, 3.63) is 38.7 Å². The third-order valence-corrected chi connectivity index (χ3v) is 3.36. The van der Waals surface area contributed by atoms with Crippen molar-refractivity contribution in [3.63, 3.8) is 0 Å². The summed E-state index contributed by atoms with van der Waals surface area (Å²) < 4.78 is 0.703. The normalized spacial score (nSPS) is 10.6. The van der Waals surface area contributed by atoms with Crippen molar-refractivity contribution in [2.24, 2.45) is 0 Å². The molecule has 2 aromatic rings. The van der Waals surface area contributed by atoms with E-state index in [1.54, 1.807) is 0 Å². The first-order valence-corrected chi connectivity index (χ1v) is 6.24. The molecule has 0 bridgehead atoms. The zero-order chi connectivity index (χ0) is 11.5. The van der Waals surface area contributed by atoms with E-state index >= 15 is 0 Å². The molecule has 0 unspecified atom stereocenters. The Morgan fingerprint density at radius 1 is 1.50 bits per heavy atom. The Balaban J connectivity index is 2.44. The number of aromatic amines is 1. The van der Waals surface area contributed by atoms with E-state index in [2.05, 4.69) is 16.9 Å². The standard InChI is InChI=1S/C11H11ClN2OS/c1-2-3-10-13-7(6-11(15)14-10)8-4-5-9(12)16-8/h4-6H,2-3H2,1H3,(H,13,14,15). The summed E-state index contributed by atoms with van der Waals surface area (Å²) in [7, 11) is 0. The monoisotopic (exact) mass is 254 g/mol. The topological polar surface area (TPSA) is 45.8 Å². The summed E-state index contributed by atoms with van der Waals surface area (Å²) in [6.07, 6.45) is 1.74. The fourth-order valence-corrected chi connectivity index (χ4v) is 2.45. The summed E-state index contributed by atoms with van der Waals surface area (Å²) in [6, 6.07) is 5.19. The molecule has 0 aromatic carbocycles. The molecular weight excluding hydrogens is 244 g/mol. The Labute approximate surface area is 102 Å². The number of aromatic nitrogens is 2. The van der Waals surface area contributed by atoms with Crippen LogP contribution in [0.4, 0.5) is 0 Å². The molecule has 0 aliphatic carbocycles. The first-order chi connectivity index (χ1) is 7.69. The van der Waals surface area contributed by atoms with Gasteiger partial charge in [-0.2, -0.15) is 0 Å². The molecule has 0 saturated carbocycles. The van der Waals surface area contributed by atoms with Crippen molar-refractivity contribution in [2.75, 3.05) is 0 Å². The maximum Gasteiger partial charge on any atom is 0.251 e. The zero-order valence-electron chi connectivity index (χ0n) is 8.79. The van der Waals surface area contributed by atoms with Gasteiger partial charge in [-0.15, -0.1) is 11.3 Å². The molecule has 2 aromatic heterocycles. The second kappa shape index (κ2) is 4.80. The van der Waals surface area contributed by atoms with Crippen LogP contribution in [0.15, 0.2) is 23.0 Å². The lowest BCUT2D eigenvalue weighted by Crippen LogP contribution is -2.10. The van der Waals surface area contributed by atoms with Gasteiger partial charge in [-0.25, -0.2) is 4.98 Å². The molecule has 1 N–H and O–H groups in total. The van der Waals surface area contributed by atoms with E-state index < -0.39 is 0 Å². The number of nitrogens with zero attached hydrogens (tertiary/aromatic N) is 1. The summed E-state index contributed by atoms with van der Waals surface area (Å²) in [4.78, 5) is 19.5. The Morgan fingerprint density at radius 3 is 2.94 bits per heavy atom. The van der Waals surface area contributed by atoms with Crippen LogP contribution in [0.3, 0.4) is 0 Å². The lowest BCUT2D eigenvalue weighted by molar-refractivity contribution is 0.828. The van der Waals surface area contributed by atoms with Gasteiger partial charge in [0.2, 0.25) is 0 Å².